The SMILES string of the molecule is COc1cc(-c2cc3c(C=O)c[nH]c3cc2Cl)ccc1CCO. The fourth-order valence-electron chi connectivity index (χ4n) is 2.72. The van der Waals surface area contributed by atoms with E-state index >= 15 is 0 Å². The van der Waals surface area contributed by atoms with Gasteiger partial charge >= 0.3 is 0 Å². The molecule has 1 aromatic heterocycles. The molecule has 0 aliphatic heterocycles. The van der Waals surface area contributed by atoms with Crippen LogP contribution in [0.4, 0.5) is 0 Å². The van der Waals surface area contributed by atoms with Crippen molar-refractivity contribution in [2.24, 2.45) is 0 Å². The van der Waals surface area contributed by atoms with Crippen LogP contribution >= 0.6 is 11.6 Å². The van der Waals surface area contributed by atoms with Crippen LogP contribution in [0.1, 0.15) is 15.9 Å². The van der Waals surface area contributed by atoms with Gasteiger partial charge in [0.25, 0.3) is 0 Å². The maximum Gasteiger partial charge on any atom is 0.152 e. The minimum atomic E-state index is 0.0640. The van der Waals surface area contributed by atoms with Gasteiger partial charge in [0.15, 0.2) is 6.29 Å². The predicted molar refractivity (Wildman–Crippen MR) is 91.5 cm³/mol. The average molecular weight is 330 g/mol. The summed E-state index contributed by atoms with van der Waals surface area (Å²) < 4.78 is 5.40. The van der Waals surface area contributed by atoms with Crippen LogP contribution in [0.2, 0.25) is 5.02 Å². The van der Waals surface area contributed by atoms with Crippen molar-refractivity contribution in [1.29, 1.82) is 0 Å². The Kier molecular flexibility index (Phi) is 4.37. The molecule has 0 bridgehead atoms. The van der Waals surface area contributed by atoms with Crippen LogP contribution in [-0.2, 0) is 6.42 Å². The second kappa shape index (κ2) is 6.44. The summed E-state index contributed by atoms with van der Waals surface area (Å²) in [6.07, 6.45) is 3.02. The maximum atomic E-state index is 11.1. The van der Waals surface area contributed by atoms with Crippen LogP contribution in [0.15, 0.2) is 36.5 Å². The molecule has 23 heavy (non-hydrogen) atoms. The molecule has 0 radical (unpaired) electrons. The molecule has 0 saturated heterocycles. The van der Waals surface area contributed by atoms with Gasteiger partial charge in [0.1, 0.15) is 5.75 Å². The zero-order valence-corrected chi connectivity index (χ0v) is 13.4. The average Bonchev–Trinajstić information content (AvgIpc) is 2.96. The molecule has 0 spiro atoms. The van der Waals surface area contributed by atoms with Crippen LogP contribution in [0.5, 0.6) is 5.75 Å². The summed E-state index contributed by atoms with van der Waals surface area (Å²) >= 11 is 6.40. The molecule has 0 aliphatic carbocycles. The van der Waals surface area contributed by atoms with E-state index in [-0.39, 0.29) is 6.61 Å². The summed E-state index contributed by atoms with van der Waals surface area (Å²) in [6.45, 7) is 0.0640. The van der Waals surface area contributed by atoms with Crippen molar-refractivity contribution >= 4 is 28.8 Å². The third-order valence-corrected chi connectivity index (χ3v) is 4.22. The number of halogens is 1. The molecule has 2 aromatic carbocycles. The lowest BCUT2D eigenvalue weighted by Gasteiger charge is -2.11. The van der Waals surface area contributed by atoms with Gasteiger partial charge in [0.05, 0.1) is 12.1 Å². The van der Waals surface area contributed by atoms with Gasteiger partial charge in [0.2, 0.25) is 0 Å². The van der Waals surface area contributed by atoms with Crippen LogP contribution in [0.25, 0.3) is 22.0 Å². The molecular formula is C18H16ClNO3. The Hall–Kier alpha value is -2.30. The van der Waals surface area contributed by atoms with Gasteiger partial charge in [-0.2, -0.15) is 0 Å². The number of aldehydes is 1. The molecule has 1 heterocycles. The molecule has 0 amide bonds. The summed E-state index contributed by atoms with van der Waals surface area (Å²) in [5.41, 5.74) is 4.09. The quantitative estimate of drug-likeness (QED) is 0.699. The normalized spacial score (nSPS) is 10.9. The van der Waals surface area contributed by atoms with Gasteiger partial charge in [-0.1, -0.05) is 23.7 Å². The number of ether oxygens (including phenoxy) is 1. The van der Waals surface area contributed by atoms with Crippen LogP contribution in [0, 0.1) is 0 Å². The largest absolute Gasteiger partial charge is 0.496 e. The fraction of sp³-hybridized carbons (Fsp3) is 0.167. The molecule has 5 heteroatoms. The van der Waals surface area contributed by atoms with E-state index in [1.807, 2.05) is 30.3 Å². The maximum absolute atomic E-state index is 11.1. The molecule has 4 nitrogen and oxygen atoms in total. The first kappa shape index (κ1) is 15.6. The van der Waals surface area contributed by atoms with E-state index < -0.39 is 0 Å². The second-order valence-electron chi connectivity index (χ2n) is 5.24. The third-order valence-electron chi connectivity index (χ3n) is 3.91. The van der Waals surface area contributed by atoms with Crippen molar-refractivity contribution in [3.05, 3.63) is 52.7 Å². The van der Waals surface area contributed by atoms with Crippen LogP contribution in [0.3, 0.4) is 0 Å². The number of methoxy groups -OCH3 is 1. The number of aliphatic hydroxyl groups excluding tert-OH is 1. The van der Waals surface area contributed by atoms with E-state index in [0.717, 1.165) is 33.9 Å². The van der Waals surface area contributed by atoms with Gasteiger partial charge < -0.3 is 14.8 Å². The monoisotopic (exact) mass is 329 g/mol. The molecule has 0 aliphatic rings. The lowest BCUT2D eigenvalue weighted by Crippen LogP contribution is -1.96. The summed E-state index contributed by atoms with van der Waals surface area (Å²) in [7, 11) is 1.60. The second-order valence-corrected chi connectivity index (χ2v) is 5.65. The standard InChI is InChI=1S/C18H16ClNO3/c1-23-18-6-12(3-2-11(18)4-5-21)14-7-15-13(10-22)9-20-17(15)8-16(14)19/h2-3,6-10,20-21H,4-5H2,1H3. The topological polar surface area (TPSA) is 62.3 Å². The van der Waals surface area contributed by atoms with Gasteiger partial charge in [0, 0.05) is 34.8 Å². The summed E-state index contributed by atoms with van der Waals surface area (Å²) in [6, 6.07) is 9.47. The Morgan fingerprint density at radius 2 is 2.13 bits per heavy atom. The highest BCUT2D eigenvalue weighted by molar-refractivity contribution is 6.34. The van der Waals surface area contributed by atoms with Gasteiger partial charge in [-0.15, -0.1) is 0 Å². The van der Waals surface area contributed by atoms with E-state index in [9.17, 15) is 4.79 Å². The van der Waals surface area contributed by atoms with E-state index in [2.05, 4.69) is 4.98 Å². The minimum Gasteiger partial charge on any atom is -0.496 e. The smallest absolute Gasteiger partial charge is 0.152 e. The first-order valence-corrected chi connectivity index (χ1v) is 7.59. The van der Waals surface area contributed by atoms with Crippen molar-refractivity contribution in [3.8, 4) is 16.9 Å². The number of hydrogen-bond acceptors (Lipinski definition) is 3. The number of hydrogen-bond donors (Lipinski definition) is 2. The molecule has 0 saturated carbocycles. The highest BCUT2D eigenvalue weighted by atomic mass is 35.5. The Morgan fingerprint density at radius 3 is 2.83 bits per heavy atom. The van der Waals surface area contributed by atoms with Crippen molar-refractivity contribution < 1.29 is 14.6 Å². The highest BCUT2D eigenvalue weighted by Gasteiger charge is 2.12. The van der Waals surface area contributed by atoms with Crippen LogP contribution in [-0.4, -0.2) is 30.1 Å². The summed E-state index contributed by atoms with van der Waals surface area (Å²) in [5.74, 6) is 0.706. The summed E-state index contributed by atoms with van der Waals surface area (Å²) in [5, 5.41) is 10.5. The first-order chi connectivity index (χ1) is 11.2. The van der Waals surface area contributed by atoms with E-state index in [1.165, 1.54) is 0 Å². The number of H-pyrrole nitrogens is 1. The number of aromatic nitrogens is 1. The van der Waals surface area contributed by atoms with Crippen molar-refractivity contribution in [1.82, 2.24) is 4.98 Å². The number of carbonyl (C=O) groups is 1. The number of carbonyl (C=O) groups excluding carboxylic acids is 1. The zero-order chi connectivity index (χ0) is 16.4. The fourth-order valence-corrected chi connectivity index (χ4v) is 3.00. The van der Waals surface area contributed by atoms with Crippen molar-refractivity contribution in [2.45, 2.75) is 6.42 Å². The highest BCUT2D eigenvalue weighted by Crippen LogP contribution is 2.35. The van der Waals surface area contributed by atoms with E-state index in [4.69, 9.17) is 21.4 Å². The molecule has 2 N–H and O–H groups in total. The number of nitrogens with one attached hydrogen (secondary N) is 1. The molecule has 0 fully saturated rings. The van der Waals surface area contributed by atoms with Gasteiger partial charge in [-0.25, -0.2) is 0 Å². The van der Waals surface area contributed by atoms with Gasteiger partial charge in [-0.05, 0) is 35.7 Å². The third kappa shape index (κ3) is 2.83. The Bertz CT molecular complexity index is 870. The number of aliphatic hydroxyl groups is 1. The van der Waals surface area contributed by atoms with Crippen molar-refractivity contribution in [2.75, 3.05) is 13.7 Å². The molecule has 3 aromatic rings. The Labute approximate surface area is 138 Å². The number of fused-ring (bicyclic) bond motifs is 1. The number of benzene rings is 2. The molecular weight excluding hydrogens is 314 g/mol. The minimum absolute atomic E-state index is 0.0640. The predicted octanol–water partition coefficient (Wildman–Crippen LogP) is 3.84. The Morgan fingerprint density at radius 1 is 1.30 bits per heavy atom. The van der Waals surface area contributed by atoms with Crippen LogP contribution < -0.4 is 4.74 Å². The lowest BCUT2D eigenvalue weighted by atomic mass is 10.00. The molecule has 118 valence electrons. The van der Waals surface area contributed by atoms with Gasteiger partial charge in [-0.3, -0.25) is 4.79 Å². The first-order valence-electron chi connectivity index (χ1n) is 7.22. The van der Waals surface area contributed by atoms with E-state index in [1.54, 1.807) is 13.3 Å². The number of aromatic amines is 1. The zero-order valence-electron chi connectivity index (χ0n) is 12.6. The molecule has 3 rings (SSSR count). The summed E-state index contributed by atoms with van der Waals surface area (Å²) in [4.78, 5) is 14.2. The van der Waals surface area contributed by atoms with E-state index in [0.29, 0.717) is 22.8 Å². The number of rotatable bonds is 5. The molecule has 0 atom stereocenters. The molecule has 0 unspecified atom stereocenters. The lowest BCUT2D eigenvalue weighted by molar-refractivity contribution is 0.112. The van der Waals surface area contributed by atoms with Crippen molar-refractivity contribution in [3.63, 3.8) is 0 Å². The Balaban J connectivity index is 2.15.